The number of hydrogen-bond acceptors (Lipinski definition) is 5. The molecule has 8 heteroatoms. The predicted molar refractivity (Wildman–Crippen MR) is 82.9 cm³/mol. The Bertz CT molecular complexity index is 830. The third kappa shape index (κ3) is 2.88. The van der Waals surface area contributed by atoms with E-state index in [0.717, 1.165) is 11.3 Å². The third-order valence-electron chi connectivity index (χ3n) is 3.52. The van der Waals surface area contributed by atoms with Crippen molar-refractivity contribution in [2.24, 2.45) is 7.05 Å². The zero-order valence-corrected chi connectivity index (χ0v) is 12.9. The van der Waals surface area contributed by atoms with E-state index in [1.165, 1.54) is 6.20 Å². The molecule has 0 spiro atoms. The molecule has 2 N–H and O–H groups in total. The van der Waals surface area contributed by atoms with Gasteiger partial charge in [-0.1, -0.05) is 0 Å². The molecule has 0 radical (unpaired) electrons. The van der Waals surface area contributed by atoms with Crippen molar-refractivity contribution in [1.29, 1.82) is 0 Å². The number of hydrogen-bond donors (Lipinski definition) is 2. The lowest BCUT2D eigenvalue weighted by molar-refractivity contribution is 0.101. The SMILES string of the molecule is Cc1occc1-c1cc(NC(=O)c2cncn2C)n(CCO)n1. The van der Waals surface area contributed by atoms with E-state index in [-0.39, 0.29) is 19.1 Å². The van der Waals surface area contributed by atoms with Crippen LogP contribution >= 0.6 is 0 Å². The Morgan fingerprint density at radius 1 is 1.48 bits per heavy atom. The fourth-order valence-electron chi connectivity index (χ4n) is 2.32. The van der Waals surface area contributed by atoms with Gasteiger partial charge in [0.05, 0.1) is 37.6 Å². The summed E-state index contributed by atoms with van der Waals surface area (Å²) in [6.07, 6.45) is 4.63. The molecule has 0 aliphatic heterocycles. The number of aliphatic hydroxyl groups excluding tert-OH is 1. The quantitative estimate of drug-likeness (QED) is 0.742. The summed E-state index contributed by atoms with van der Waals surface area (Å²) in [6, 6.07) is 3.56. The van der Waals surface area contributed by atoms with Crippen molar-refractivity contribution >= 4 is 11.7 Å². The molecule has 8 nitrogen and oxygen atoms in total. The van der Waals surface area contributed by atoms with Crippen LogP contribution in [0.1, 0.15) is 16.2 Å². The van der Waals surface area contributed by atoms with Gasteiger partial charge in [-0.05, 0) is 13.0 Å². The van der Waals surface area contributed by atoms with Crippen LogP contribution < -0.4 is 5.32 Å². The number of carbonyl (C=O) groups is 1. The minimum atomic E-state index is -0.292. The van der Waals surface area contributed by atoms with Gasteiger partial charge in [0, 0.05) is 18.7 Å². The highest BCUT2D eigenvalue weighted by molar-refractivity contribution is 6.02. The van der Waals surface area contributed by atoms with Crippen molar-refractivity contribution in [2.45, 2.75) is 13.5 Å². The molecule has 3 heterocycles. The molecule has 0 aliphatic rings. The highest BCUT2D eigenvalue weighted by Gasteiger charge is 2.16. The molecular formula is C15H17N5O3. The van der Waals surface area contributed by atoms with Gasteiger partial charge in [-0.15, -0.1) is 0 Å². The fraction of sp³-hybridized carbons (Fsp3) is 0.267. The Kier molecular flexibility index (Phi) is 3.98. The molecule has 0 aliphatic carbocycles. The molecule has 0 unspecified atom stereocenters. The third-order valence-corrected chi connectivity index (χ3v) is 3.52. The molecule has 0 bridgehead atoms. The molecular weight excluding hydrogens is 298 g/mol. The summed E-state index contributed by atoms with van der Waals surface area (Å²) >= 11 is 0. The van der Waals surface area contributed by atoms with Gasteiger partial charge < -0.3 is 19.4 Å². The van der Waals surface area contributed by atoms with E-state index in [9.17, 15) is 9.90 Å². The number of nitrogens with one attached hydrogen (secondary N) is 1. The Morgan fingerprint density at radius 2 is 2.30 bits per heavy atom. The molecule has 0 fully saturated rings. The van der Waals surface area contributed by atoms with E-state index in [4.69, 9.17) is 4.42 Å². The summed E-state index contributed by atoms with van der Waals surface area (Å²) in [5.74, 6) is 0.948. The molecule has 0 aromatic carbocycles. The molecule has 3 aromatic heterocycles. The van der Waals surface area contributed by atoms with E-state index in [0.29, 0.717) is 17.2 Å². The largest absolute Gasteiger partial charge is 0.469 e. The Hall–Kier alpha value is -2.87. The van der Waals surface area contributed by atoms with E-state index < -0.39 is 0 Å². The maximum absolute atomic E-state index is 12.3. The van der Waals surface area contributed by atoms with Gasteiger partial charge in [0.25, 0.3) is 5.91 Å². The summed E-state index contributed by atoms with van der Waals surface area (Å²) in [4.78, 5) is 16.2. The average molecular weight is 315 g/mol. The van der Waals surface area contributed by atoms with Crippen LogP contribution in [0.3, 0.4) is 0 Å². The molecule has 1 amide bonds. The van der Waals surface area contributed by atoms with Gasteiger partial charge in [-0.2, -0.15) is 5.10 Å². The number of nitrogens with zero attached hydrogens (tertiary/aromatic N) is 4. The standard InChI is InChI=1S/C15H17N5O3/c1-10-11(3-6-23-10)12-7-14(20(18-12)4-5-21)17-15(22)13-8-16-9-19(13)2/h3,6-9,21H,4-5H2,1-2H3,(H,17,22). The van der Waals surface area contributed by atoms with Gasteiger partial charge in [0.2, 0.25) is 0 Å². The summed E-state index contributed by atoms with van der Waals surface area (Å²) in [6.45, 7) is 2.03. The van der Waals surface area contributed by atoms with E-state index in [1.807, 2.05) is 13.0 Å². The number of aliphatic hydroxyl groups is 1. The van der Waals surface area contributed by atoms with Crippen molar-refractivity contribution in [1.82, 2.24) is 19.3 Å². The van der Waals surface area contributed by atoms with Gasteiger partial charge in [0.15, 0.2) is 0 Å². The van der Waals surface area contributed by atoms with Gasteiger partial charge >= 0.3 is 0 Å². The zero-order valence-electron chi connectivity index (χ0n) is 12.9. The predicted octanol–water partition coefficient (Wildman–Crippen LogP) is 1.43. The minimum Gasteiger partial charge on any atom is -0.469 e. The van der Waals surface area contributed by atoms with Crippen molar-refractivity contribution in [3.8, 4) is 11.3 Å². The van der Waals surface area contributed by atoms with Crippen molar-refractivity contribution in [2.75, 3.05) is 11.9 Å². The second-order valence-corrected chi connectivity index (χ2v) is 5.10. The highest BCUT2D eigenvalue weighted by Crippen LogP contribution is 2.26. The molecule has 120 valence electrons. The topological polar surface area (TPSA) is 98.1 Å². The normalized spacial score (nSPS) is 10.9. The van der Waals surface area contributed by atoms with Crippen LogP contribution in [0.15, 0.2) is 35.3 Å². The average Bonchev–Trinajstić information content (AvgIpc) is 3.21. The number of furan rings is 1. The number of aryl methyl sites for hydroxylation is 2. The monoisotopic (exact) mass is 315 g/mol. The van der Waals surface area contributed by atoms with Crippen LogP contribution in [0.2, 0.25) is 0 Å². The van der Waals surface area contributed by atoms with Gasteiger partial charge in [-0.3, -0.25) is 4.79 Å². The second-order valence-electron chi connectivity index (χ2n) is 5.10. The highest BCUT2D eigenvalue weighted by atomic mass is 16.3. The lowest BCUT2D eigenvalue weighted by atomic mass is 10.2. The molecule has 23 heavy (non-hydrogen) atoms. The molecule has 0 saturated carbocycles. The molecule has 3 rings (SSSR count). The zero-order chi connectivity index (χ0) is 16.4. The van der Waals surface area contributed by atoms with Crippen molar-refractivity contribution in [3.63, 3.8) is 0 Å². The van der Waals surface area contributed by atoms with Crippen molar-refractivity contribution in [3.05, 3.63) is 42.4 Å². The van der Waals surface area contributed by atoms with Gasteiger partial charge in [-0.25, -0.2) is 9.67 Å². The van der Waals surface area contributed by atoms with Crippen molar-refractivity contribution < 1.29 is 14.3 Å². The summed E-state index contributed by atoms with van der Waals surface area (Å²) in [7, 11) is 1.74. The Morgan fingerprint density at radius 3 is 2.91 bits per heavy atom. The lowest BCUT2D eigenvalue weighted by Gasteiger charge is -2.07. The summed E-state index contributed by atoms with van der Waals surface area (Å²) in [5.41, 5.74) is 1.95. The number of anilines is 1. The van der Waals surface area contributed by atoms with Crippen LogP contribution in [-0.4, -0.2) is 37.0 Å². The Balaban J connectivity index is 1.92. The first-order chi connectivity index (χ1) is 11.1. The number of carbonyl (C=O) groups excluding carboxylic acids is 1. The summed E-state index contributed by atoms with van der Waals surface area (Å²) in [5, 5.41) is 16.4. The van der Waals surface area contributed by atoms with Crippen LogP contribution in [-0.2, 0) is 13.6 Å². The minimum absolute atomic E-state index is 0.0833. The van der Waals surface area contributed by atoms with E-state index in [2.05, 4.69) is 15.4 Å². The first-order valence-electron chi connectivity index (χ1n) is 7.11. The maximum atomic E-state index is 12.3. The van der Waals surface area contributed by atoms with Crippen LogP contribution in [0.5, 0.6) is 0 Å². The fourth-order valence-corrected chi connectivity index (χ4v) is 2.32. The van der Waals surface area contributed by atoms with Crippen LogP contribution in [0, 0.1) is 6.92 Å². The molecule has 3 aromatic rings. The first-order valence-corrected chi connectivity index (χ1v) is 7.11. The second kappa shape index (κ2) is 6.09. The van der Waals surface area contributed by atoms with Gasteiger partial charge in [0.1, 0.15) is 17.3 Å². The summed E-state index contributed by atoms with van der Waals surface area (Å²) < 4.78 is 8.47. The first kappa shape index (κ1) is 15.0. The number of amides is 1. The number of aromatic nitrogens is 4. The lowest BCUT2D eigenvalue weighted by Crippen LogP contribution is -2.18. The smallest absolute Gasteiger partial charge is 0.275 e. The van der Waals surface area contributed by atoms with Crippen LogP contribution in [0.4, 0.5) is 5.82 Å². The maximum Gasteiger partial charge on any atom is 0.275 e. The van der Waals surface area contributed by atoms with Crippen LogP contribution in [0.25, 0.3) is 11.3 Å². The molecule has 0 atom stereocenters. The van der Waals surface area contributed by atoms with E-state index in [1.54, 1.807) is 35.0 Å². The Labute approximate surface area is 132 Å². The molecule has 0 saturated heterocycles. The van der Waals surface area contributed by atoms with E-state index >= 15 is 0 Å². The number of imidazole rings is 1. The number of rotatable bonds is 5.